The molecule has 0 unspecified atom stereocenters. The summed E-state index contributed by atoms with van der Waals surface area (Å²) in [6, 6.07) is 9.21. The van der Waals surface area contributed by atoms with Crippen LogP contribution in [-0.4, -0.2) is 19.9 Å². The Labute approximate surface area is 141 Å². The Kier molecular flexibility index (Phi) is 4.42. The molecule has 1 aromatic carbocycles. The molecule has 22 heavy (non-hydrogen) atoms. The Morgan fingerprint density at radius 2 is 1.95 bits per heavy atom. The van der Waals surface area contributed by atoms with E-state index in [4.69, 9.17) is 35.4 Å². The van der Waals surface area contributed by atoms with Crippen LogP contribution in [-0.2, 0) is 6.54 Å². The standard InChI is InChI=1S/C14H11Cl2N5S/c15-11-3-1-2-10(12(11)16)8-18-21-13(19-20-14(21)22)9-4-6-17-7-5-9/h1-7,18H,8H2,(H,20,22). The van der Waals surface area contributed by atoms with Gasteiger partial charge in [0.05, 0.1) is 16.6 Å². The van der Waals surface area contributed by atoms with Gasteiger partial charge in [0.15, 0.2) is 5.82 Å². The van der Waals surface area contributed by atoms with Crippen LogP contribution >= 0.6 is 35.4 Å². The fourth-order valence-electron chi connectivity index (χ4n) is 1.99. The van der Waals surface area contributed by atoms with Crippen molar-refractivity contribution in [3.05, 3.63) is 63.1 Å². The molecule has 0 saturated carbocycles. The topological polar surface area (TPSA) is 58.5 Å². The highest BCUT2D eigenvalue weighted by Gasteiger charge is 2.10. The second kappa shape index (κ2) is 6.48. The molecule has 0 aliphatic carbocycles. The van der Waals surface area contributed by atoms with E-state index in [-0.39, 0.29) is 0 Å². The van der Waals surface area contributed by atoms with Gasteiger partial charge in [-0.15, -0.1) is 0 Å². The van der Waals surface area contributed by atoms with Crippen molar-refractivity contribution in [2.75, 3.05) is 5.43 Å². The second-order valence-electron chi connectivity index (χ2n) is 4.47. The molecule has 2 aromatic heterocycles. The number of H-pyrrole nitrogens is 1. The van der Waals surface area contributed by atoms with Crippen molar-refractivity contribution < 1.29 is 0 Å². The van der Waals surface area contributed by atoms with Crippen molar-refractivity contribution >= 4 is 35.4 Å². The third-order valence-corrected chi connectivity index (χ3v) is 4.20. The van der Waals surface area contributed by atoms with Crippen molar-refractivity contribution in [1.29, 1.82) is 0 Å². The van der Waals surface area contributed by atoms with Gasteiger partial charge in [-0.25, -0.2) is 9.77 Å². The molecule has 3 aromatic rings. The Morgan fingerprint density at radius 1 is 1.18 bits per heavy atom. The smallest absolute Gasteiger partial charge is 0.214 e. The molecule has 8 heteroatoms. The van der Waals surface area contributed by atoms with E-state index in [1.165, 1.54) is 0 Å². The summed E-state index contributed by atoms with van der Waals surface area (Å²) in [4.78, 5) is 4.00. The van der Waals surface area contributed by atoms with Crippen molar-refractivity contribution in [3.8, 4) is 11.4 Å². The molecule has 2 heterocycles. The highest BCUT2D eigenvalue weighted by molar-refractivity contribution is 7.71. The normalized spacial score (nSPS) is 10.6. The van der Waals surface area contributed by atoms with Crippen LogP contribution in [0, 0.1) is 4.77 Å². The van der Waals surface area contributed by atoms with Gasteiger partial charge in [-0.2, -0.15) is 5.10 Å². The molecule has 0 amide bonds. The van der Waals surface area contributed by atoms with Crippen LogP contribution in [0.1, 0.15) is 5.56 Å². The Bertz CT molecular complexity index is 844. The maximum atomic E-state index is 6.19. The fraction of sp³-hybridized carbons (Fsp3) is 0.0714. The zero-order valence-electron chi connectivity index (χ0n) is 11.3. The van der Waals surface area contributed by atoms with Crippen molar-refractivity contribution in [2.24, 2.45) is 0 Å². The number of nitrogens with one attached hydrogen (secondary N) is 2. The summed E-state index contributed by atoms with van der Waals surface area (Å²) in [6.07, 6.45) is 3.40. The summed E-state index contributed by atoms with van der Waals surface area (Å²) in [7, 11) is 0. The van der Waals surface area contributed by atoms with Gasteiger partial charge in [0, 0.05) is 18.0 Å². The average Bonchev–Trinajstić information content (AvgIpc) is 2.91. The summed E-state index contributed by atoms with van der Waals surface area (Å²) in [5.74, 6) is 0.672. The molecule has 112 valence electrons. The summed E-state index contributed by atoms with van der Waals surface area (Å²) in [5.41, 5.74) is 4.97. The quantitative estimate of drug-likeness (QED) is 0.696. The lowest BCUT2D eigenvalue weighted by Crippen LogP contribution is -2.16. The predicted octanol–water partition coefficient (Wildman–Crippen LogP) is 4.05. The number of hydrogen-bond donors (Lipinski definition) is 2. The SMILES string of the molecule is S=c1[nH]nc(-c2ccncc2)n1NCc1cccc(Cl)c1Cl. The van der Waals surface area contributed by atoms with E-state index in [2.05, 4.69) is 20.6 Å². The van der Waals surface area contributed by atoms with Gasteiger partial charge >= 0.3 is 0 Å². The number of aromatic nitrogens is 4. The lowest BCUT2D eigenvalue weighted by Gasteiger charge is -2.11. The van der Waals surface area contributed by atoms with Crippen molar-refractivity contribution in [2.45, 2.75) is 6.54 Å². The fourth-order valence-corrected chi connectivity index (χ4v) is 2.57. The van der Waals surface area contributed by atoms with E-state index in [1.54, 1.807) is 23.1 Å². The molecule has 0 aliphatic rings. The third kappa shape index (κ3) is 2.99. The van der Waals surface area contributed by atoms with Crippen LogP contribution in [0.3, 0.4) is 0 Å². The number of nitrogens with zero attached hydrogens (tertiary/aromatic N) is 3. The first kappa shape index (κ1) is 15.0. The van der Waals surface area contributed by atoms with Gasteiger partial charge in [0.25, 0.3) is 0 Å². The maximum Gasteiger partial charge on any atom is 0.214 e. The summed E-state index contributed by atoms with van der Waals surface area (Å²) in [6.45, 7) is 0.464. The lowest BCUT2D eigenvalue weighted by atomic mass is 10.2. The summed E-state index contributed by atoms with van der Waals surface area (Å²) >= 11 is 17.5. The van der Waals surface area contributed by atoms with E-state index < -0.39 is 0 Å². The molecular formula is C14H11Cl2N5S. The van der Waals surface area contributed by atoms with Crippen LogP contribution in [0.2, 0.25) is 10.0 Å². The molecule has 0 atom stereocenters. The molecule has 5 nitrogen and oxygen atoms in total. The van der Waals surface area contributed by atoms with E-state index in [9.17, 15) is 0 Å². The Balaban J connectivity index is 1.89. The minimum Gasteiger partial charge on any atom is -0.317 e. The first-order valence-electron chi connectivity index (χ1n) is 6.41. The highest BCUT2D eigenvalue weighted by atomic mass is 35.5. The number of halogens is 2. The minimum atomic E-state index is 0.463. The monoisotopic (exact) mass is 351 g/mol. The maximum absolute atomic E-state index is 6.19. The van der Waals surface area contributed by atoms with Crippen LogP contribution < -0.4 is 5.43 Å². The van der Waals surface area contributed by atoms with Crippen LogP contribution in [0.15, 0.2) is 42.7 Å². The lowest BCUT2D eigenvalue weighted by molar-refractivity contribution is 0.832. The second-order valence-corrected chi connectivity index (χ2v) is 5.64. The van der Waals surface area contributed by atoms with E-state index in [0.29, 0.717) is 27.2 Å². The third-order valence-electron chi connectivity index (χ3n) is 3.07. The van der Waals surface area contributed by atoms with E-state index >= 15 is 0 Å². The summed E-state index contributed by atoms with van der Waals surface area (Å²) in [5, 5.41) is 8.05. The van der Waals surface area contributed by atoms with Crippen molar-refractivity contribution in [3.63, 3.8) is 0 Å². The molecule has 2 N–H and O–H groups in total. The molecule has 3 rings (SSSR count). The zero-order valence-corrected chi connectivity index (χ0v) is 13.6. The predicted molar refractivity (Wildman–Crippen MR) is 90.2 cm³/mol. The first-order valence-corrected chi connectivity index (χ1v) is 7.58. The first-order chi connectivity index (χ1) is 10.7. The van der Waals surface area contributed by atoms with E-state index in [1.807, 2.05) is 24.3 Å². The number of rotatable bonds is 4. The van der Waals surface area contributed by atoms with E-state index in [0.717, 1.165) is 11.1 Å². The average molecular weight is 352 g/mol. The van der Waals surface area contributed by atoms with Gasteiger partial charge in [-0.1, -0.05) is 35.3 Å². The van der Waals surface area contributed by atoms with Crippen LogP contribution in [0.4, 0.5) is 0 Å². The van der Waals surface area contributed by atoms with Crippen molar-refractivity contribution in [1.82, 2.24) is 19.9 Å². The minimum absolute atomic E-state index is 0.463. The van der Waals surface area contributed by atoms with Crippen LogP contribution in [0.5, 0.6) is 0 Å². The molecule has 0 fully saturated rings. The molecule has 0 radical (unpaired) electrons. The number of benzene rings is 1. The molecule has 0 spiro atoms. The number of pyridine rings is 1. The Morgan fingerprint density at radius 3 is 2.73 bits per heavy atom. The Hall–Kier alpha value is -1.89. The van der Waals surface area contributed by atoms with Gasteiger partial charge in [-0.05, 0) is 36.0 Å². The van der Waals surface area contributed by atoms with Gasteiger partial charge in [-0.3, -0.25) is 4.98 Å². The highest BCUT2D eigenvalue weighted by Crippen LogP contribution is 2.25. The van der Waals surface area contributed by atoms with Gasteiger partial charge in [0.1, 0.15) is 0 Å². The zero-order chi connectivity index (χ0) is 15.5. The van der Waals surface area contributed by atoms with Crippen LogP contribution in [0.25, 0.3) is 11.4 Å². The molecular weight excluding hydrogens is 341 g/mol. The largest absolute Gasteiger partial charge is 0.317 e. The summed E-state index contributed by atoms with van der Waals surface area (Å²) < 4.78 is 2.16. The van der Waals surface area contributed by atoms with Gasteiger partial charge in [0.2, 0.25) is 4.77 Å². The molecule has 0 aliphatic heterocycles. The van der Waals surface area contributed by atoms with Gasteiger partial charge < -0.3 is 5.43 Å². The molecule has 0 bridgehead atoms. The number of aromatic amines is 1. The molecule has 0 saturated heterocycles. The number of hydrogen-bond acceptors (Lipinski definition) is 4.